The molecular formula is C25H22Cl2N6O2S. The van der Waals surface area contributed by atoms with Gasteiger partial charge in [0.15, 0.2) is 12.1 Å². The lowest BCUT2D eigenvalue weighted by atomic mass is 10.2. The van der Waals surface area contributed by atoms with Crippen molar-refractivity contribution in [3.8, 4) is 17.1 Å². The molecular weight excluding hydrogens is 519 g/mol. The molecule has 2 amide bonds. The van der Waals surface area contributed by atoms with Crippen LogP contribution in [0.25, 0.3) is 17.1 Å². The Hall–Kier alpha value is -3.37. The number of benzene rings is 2. The second kappa shape index (κ2) is 11.1. The van der Waals surface area contributed by atoms with E-state index >= 15 is 0 Å². The maximum atomic E-state index is 13.3. The van der Waals surface area contributed by atoms with Crippen molar-refractivity contribution < 1.29 is 9.59 Å². The van der Waals surface area contributed by atoms with Gasteiger partial charge in [0.1, 0.15) is 11.5 Å². The van der Waals surface area contributed by atoms with Crippen molar-refractivity contribution >= 4 is 53.3 Å². The van der Waals surface area contributed by atoms with Gasteiger partial charge in [-0.3, -0.25) is 24.4 Å². The summed E-state index contributed by atoms with van der Waals surface area (Å²) in [6.07, 6.45) is 2.30. The Kier molecular flexibility index (Phi) is 7.95. The maximum absolute atomic E-state index is 13.3. The Bertz CT molecular complexity index is 1390. The quantitative estimate of drug-likeness (QED) is 0.238. The average molecular weight is 541 g/mol. The summed E-state index contributed by atoms with van der Waals surface area (Å²) in [5, 5.41) is 6.59. The molecule has 0 fully saturated rings. The molecule has 11 heteroatoms. The lowest BCUT2D eigenvalue weighted by molar-refractivity contribution is 0.111. The predicted octanol–water partition coefficient (Wildman–Crippen LogP) is 5.71. The van der Waals surface area contributed by atoms with Gasteiger partial charge in [0.25, 0.3) is 0 Å². The number of aldehydes is 1. The standard InChI is InChI=1S/C25H22Cl2N6O2S/c1-31(2)25(35)32(14-17-9-12-19(36-28)13-29-17)24-22(15-34)33(18-10-7-16(26)8-11-18)23(30-24)20-5-3-4-6-21(20)27/h3-13,15H,14,28H2,1-2H3. The van der Waals surface area contributed by atoms with E-state index < -0.39 is 0 Å². The van der Waals surface area contributed by atoms with Gasteiger partial charge in [0.2, 0.25) is 0 Å². The number of aromatic nitrogens is 3. The maximum Gasteiger partial charge on any atom is 0.325 e. The van der Waals surface area contributed by atoms with Crippen LogP contribution in [-0.2, 0) is 6.54 Å². The van der Waals surface area contributed by atoms with Gasteiger partial charge < -0.3 is 4.90 Å². The normalized spacial score (nSPS) is 10.8. The van der Waals surface area contributed by atoms with Crippen LogP contribution in [0.5, 0.6) is 0 Å². The van der Waals surface area contributed by atoms with Gasteiger partial charge in [-0.05, 0) is 60.5 Å². The molecule has 2 aromatic heterocycles. The monoisotopic (exact) mass is 540 g/mol. The van der Waals surface area contributed by atoms with Gasteiger partial charge >= 0.3 is 6.03 Å². The molecule has 0 unspecified atom stereocenters. The fourth-order valence-electron chi connectivity index (χ4n) is 3.61. The Balaban J connectivity index is 1.94. The molecule has 4 rings (SSSR count). The number of anilines is 1. The number of imidazole rings is 1. The molecule has 0 aliphatic carbocycles. The molecule has 0 aliphatic rings. The van der Waals surface area contributed by atoms with E-state index in [1.807, 2.05) is 12.1 Å². The van der Waals surface area contributed by atoms with Crippen LogP contribution in [0.3, 0.4) is 0 Å². The molecule has 0 radical (unpaired) electrons. The second-order valence-electron chi connectivity index (χ2n) is 7.92. The highest BCUT2D eigenvalue weighted by molar-refractivity contribution is 7.97. The van der Waals surface area contributed by atoms with Gasteiger partial charge in [0, 0.05) is 41.5 Å². The summed E-state index contributed by atoms with van der Waals surface area (Å²) in [5.41, 5.74) is 2.01. The van der Waals surface area contributed by atoms with E-state index in [9.17, 15) is 9.59 Å². The van der Waals surface area contributed by atoms with Gasteiger partial charge in [-0.1, -0.05) is 35.3 Å². The number of pyridine rings is 1. The third kappa shape index (κ3) is 5.24. The summed E-state index contributed by atoms with van der Waals surface area (Å²) in [7, 11) is 3.26. The lowest BCUT2D eigenvalue weighted by Crippen LogP contribution is -2.39. The number of nitrogens with zero attached hydrogens (tertiary/aromatic N) is 5. The molecule has 0 saturated heterocycles. The van der Waals surface area contributed by atoms with E-state index in [0.717, 1.165) is 16.8 Å². The Morgan fingerprint density at radius 1 is 1.08 bits per heavy atom. The van der Waals surface area contributed by atoms with Crippen molar-refractivity contribution in [3.63, 3.8) is 0 Å². The molecule has 2 N–H and O–H groups in total. The molecule has 2 aromatic carbocycles. The van der Waals surface area contributed by atoms with Gasteiger partial charge in [-0.15, -0.1) is 0 Å². The van der Waals surface area contributed by atoms with Crippen LogP contribution >= 0.6 is 35.1 Å². The molecule has 8 nitrogen and oxygen atoms in total. The molecule has 0 bridgehead atoms. The summed E-state index contributed by atoms with van der Waals surface area (Å²) in [5.74, 6) is 0.576. The zero-order valence-electron chi connectivity index (χ0n) is 19.4. The summed E-state index contributed by atoms with van der Waals surface area (Å²) >= 11 is 13.7. The van der Waals surface area contributed by atoms with Crippen molar-refractivity contribution in [3.05, 3.63) is 88.3 Å². The summed E-state index contributed by atoms with van der Waals surface area (Å²) in [4.78, 5) is 38.7. The van der Waals surface area contributed by atoms with Crippen LogP contribution < -0.4 is 10.0 Å². The van der Waals surface area contributed by atoms with Crippen LogP contribution in [0.15, 0.2) is 71.8 Å². The first kappa shape index (κ1) is 25.7. The van der Waals surface area contributed by atoms with Crippen molar-refractivity contribution in [2.24, 2.45) is 5.14 Å². The first-order valence-electron chi connectivity index (χ1n) is 10.7. The minimum atomic E-state index is -0.372. The van der Waals surface area contributed by atoms with Crippen molar-refractivity contribution in [2.45, 2.75) is 11.4 Å². The number of nitrogens with two attached hydrogens (primary N) is 1. The Morgan fingerprint density at radius 2 is 1.81 bits per heavy atom. The largest absolute Gasteiger partial charge is 0.330 e. The summed E-state index contributed by atoms with van der Waals surface area (Å²) in [6, 6.07) is 17.4. The second-order valence-corrected chi connectivity index (χ2v) is 9.47. The van der Waals surface area contributed by atoms with Crippen molar-refractivity contribution in [1.29, 1.82) is 0 Å². The van der Waals surface area contributed by atoms with Gasteiger partial charge in [-0.2, -0.15) is 0 Å². The Labute approximate surface area is 222 Å². The molecule has 0 spiro atoms. The van der Waals surface area contributed by atoms with E-state index in [1.54, 1.807) is 73.4 Å². The van der Waals surface area contributed by atoms with Gasteiger partial charge in [-0.25, -0.2) is 9.78 Å². The van der Waals surface area contributed by atoms with Crippen molar-refractivity contribution in [2.75, 3.05) is 19.0 Å². The highest BCUT2D eigenvalue weighted by Crippen LogP contribution is 2.35. The molecule has 4 aromatic rings. The number of halogens is 2. The average Bonchev–Trinajstić information content (AvgIpc) is 3.27. The number of urea groups is 1. The zero-order valence-corrected chi connectivity index (χ0v) is 21.8. The number of amides is 2. The van der Waals surface area contributed by atoms with Gasteiger partial charge in [0.05, 0.1) is 17.3 Å². The van der Waals surface area contributed by atoms with Crippen LogP contribution in [0.2, 0.25) is 10.0 Å². The molecule has 36 heavy (non-hydrogen) atoms. The van der Waals surface area contributed by atoms with Crippen LogP contribution in [0.4, 0.5) is 10.6 Å². The van der Waals surface area contributed by atoms with Crippen LogP contribution in [-0.4, -0.2) is 45.8 Å². The summed E-state index contributed by atoms with van der Waals surface area (Å²) < 4.78 is 1.66. The zero-order chi connectivity index (χ0) is 25.8. The number of hydrogen-bond donors (Lipinski definition) is 1. The number of carbonyl (C=O) groups excluding carboxylic acids is 2. The molecule has 2 heterocycles. The topological polar surface area (TPSA) is 97.3 Å². The van der Waals surface area contributed by atoms with E-state index in [2.05, 4.69) is 4.98 Å². The lowest BCUT2D eigenvalue weighted by Gasteiger charge is -2.24. The third-order valence-electron chi connectivity index (χ3n) is 5.33. The molecule has 184 valence electrons. The Morgan fingerprint density at radius 3 is 2.39 bits per heavy atom. The number of hydrogen-bond acceptors (Lipinski definition) is 6. The van der Waals surface area contributed by atoms with E-state index in [-0.39, 0.29) is 24.1 Å². The molecule has 0 aliphatic heterocycles. The molecule has 0 atom stereocenters. The van der Waals surface area contributed by atoms with Crippen LogP contribution in [0, 0.1) is 0 Å². The van der Waals surface area contributed by atoms with E-state index in [0.29, 0.717) is 39.1 Å². The third-order valence-corrected chi connectivity index (χ3v) is 6.42. The first-order chi connectivity index (χ1) is 17.3. The minimum Gasteiger partial charge on any atom is -0.330 e. The fourth-order valence-corrected chi connectivity index (χ4v) is 4.22. The molecule has 0 saturated carbocycles. The highest BCUT2D eigenvalue weighted by atomic mass is 35.5. The highest BCUT2D eigenvalue weighted by Gasteiger charge is 2.29. The minimum absolute atomic E-state index is 0.0764. The van der Waals surface area contributed by atoms with E-state index in [4.69, 9.17) is 33.3 Å². The fraction of sp³-hybridized carbons (Fsp3) is 0.120. The van der Waals surface area contributed by atoms with E-state index in [1.165, 1.54) is 9.80 Å². The smallest absolute Gasteiger partial charge is 0.325 e. The first-order valence-corrected chi connectivity index (χ1v) is 12.4. The number of carbonyl (C=O) groups is 2. The number of rotatable bonds is 7. The summed E-state index contributed by atoms with van der Waals surface area (Å²) in [6.45, 7) is 0.0764. The van der Waals surface area contributed by atoms with Crippen molar-refractivity contribution in [1.82, 2.24) is 19.4 Å². The SMILES string of the molecule is CN(C)C(=O)N(Cc1ccc(SN)cn1)c1nc(-c2ccccc2Cl)n(-c2ccc(Cl)cc2)c1C=O. The predicted molar refractivity (Wildman–Crippen MR) is 144 cm³/mol. The van der Waals surface area contributed by atoms with Crippen LogP contribution in [0.1, 0.15) is 16.2 Å².